The Bertz CT molecular complexity index is 610. The van der Waals surface area contributed by atoms with E-state index in [4.69, 9.17) is 23.2 Å². The lowest BCUT2D eigenvalue weighted by atomic mass is 10.1. The van der Waals surface area contributed by atoms with Gasteiger partial charge in [0.25, 0.3) is 0 Å². The molecule has 2 atom stereocenters. The van der Waals surface area contributed by atoms with Crippen molar-refractivity contribution >= 4 is 29.1 Å². The predicted octanol–water partition coefficient (Wildman–Crippen LogP) is 2.56. The lowest BCUT2D eigenvalue weighted by Gasteiger charge is -2.27. The minimum Gasteiger partial charge on any atom is -0.391 e. The highest BCUT2D eigenvalue weighted by Gasteiger charge is 2.36. The second-order valence-corrected chi connectivity index (χ2v) is 6.32. The highest BCUT2D eigenvalue weighted by molar-refractivity contribution is 6.35. The van der Waals surface area contributed by atoms with Crippen LogP contribution in [0.2, 0.25) is 10.0 Å². The fourth-order valence-electron chi connectivity index (χ4n) is 2.74. The number of fused-ring (bicyclic) bond motifs is 1. The van der Waals surface area contributed by atoms with Gasteiger partial charge in [-0.05, 0) is 30.3 Å². The summed E-state index contributed by atoms with van der Waals surface area (Å²) in [7, 11) is 1.55. The normalized spacial score (nSPS) is 20.7. The molecule has 0 bridgehead atoms. The third kappa shape index (κ3) is 4.50. The highest BCUT2D eigenvalue weighted by Crippen LogP contribution is 2.40. The number of carbonyl (C=O) groups is 1. The zero-order valence-electron chi connectivity index (χ0n) is 12.1. The van der Waals surface area contributed by atoms with E-state index in [1.54, 1.807) is 24.5 Å². The molecule has 0 fully saturated rings. The first-order chi connectivity index (χ1) is 10.6. The fraction of sp³-hybridized carbons (Fsp3) is 0.500. The summed E-state index contributed by atoms with van der Waals surface area (Å²) in [4.78, 5) is 13.1. The van der Waals surface area contributed by atoms with Crippen LogP contribution in [-0.2, 0) is 11.2 Å². The number of aliphatic hydroxyl groups excluding tert-OH is 1. The minimum atomic E-state index is -4.46. The van der Waals surface area contributed by atoms with Gasteiger partial charge < -0.3 is 10.4 Å². The van der Waals surface area contributed by atoms with E-state index in [-0.39, 0.29) is 6.54 Å². The summed E-state index contributed by atoms with van der Waals surface area (Å²) >= 11 is 12.1. The lowest BCUT2D eigenvalue weighted by molar-refractivity contribution is -0.139. The molecule has 1 aromatic rings. The number of nitrogens with zero attached hydrogens (tertiary/aromatic N) is 1. The Morgan fingerprint density at radius 3 is 2.70 bits per heavy atom. The first-order valence-electron chi connectivity index (χ1n) is 6.78. The van der Waals surface area contributed by atoms with Gasteiger partial charge in [0.2, 0.25) is 5.91 Å². The largest absolute Gasteiger partial charge is 0.405 e. The van der Waals surface area contributed by atoms with Crippen molar-refractivity contribution in [3.8, 4) is 0 Å². The highest BCUT2D eigenvalue weighted by atomic mass is 35.5. The molecule has 0 radical (unpaired) electrons. The Hall–Kier alpha value is -1.02. The smallest absolute Gasteiger partial charge is 0.391 e. The van der Waals surface area contributed by atoms with E-state index in [0.717, 1.165) is 5.56 Å². The number of alkyl halides is 3. The minimum absolute atomic E-state index is 0.290. The standard InChI is InChI=1S/C14H15Cl2F3N2O2/c1-21(5-12(23)20-6-14(17,18)19)13-9-2-7(15)3-10(16)8(9)4-11(13)22/h2-3,11,13,22H,4-6H2,1H3,(H,20,23)/t11-,13+/m1/s1. The van der Waals surface area contributed by atoms with Gasteiger partial charge in [0, 0.05) is 16.5 Å². The Balaban J connectivity index is 2.09. The number of amides is 1. The Morgan fingerprint density at radius 1 is 1.43 bits per heavy atom. The van der Waals surface area contributed by atoms with Crippen LogP contribution in [0.5, 0.6) is 0 Å². The maximum Gasteiger partial charge on any atom is 0.405 e. The molecule has 0 aliphatic heterocycles. The maximum atomic E-state index is 12.1. The maximum absolute atomic E-state index is 12.1. The van der Waals surface area contributed by atoms with Crippen LogP contribution < -0.4 is 5.32 Å². The summed E-state index contributed by atoms with van der Waals surface area (Å²) in [5.74, 6) is -0.779. The van der Waals surface area contributed by atoms with E-state index < -0.39 is 30.8 Å². The van der Waals surface area contributed by atoms with Gasteiger partial charge >= 0.3 is 6.18 Å². The molecule has 0 saturated heterocycles. The van der Waals surface area contributed by atoms with Crippen molar-refractivity contribution in [1.82, 2.24) is 10.2 Å². The van der Waals surface area contributed by atoms with Crippen molar-refractivity contribution in [2.45, 2.75) is 24.7 Å². The van der Waals surface area contributed by atoms with Crippen molar-refractivity contribution in [2.24, 2.45) is 0 Å². The summed E-state index contributed by atoms with van der Waals surface area (Å²) < 4.78 is 36.3. The van der Waals surface area contributed by atoms with Crippen molar-refractivity contribution < 1.29 is 23.1 Å². The van der Waals surface area contributed by atoms with E-state index >= 15 is 0 Å². The van der Waals surface area contributed by atoms with Gasteiger partial charge in [-0.1, -0.05) is 23.2 Å². The molecule has 1 aromatic carbocycles. The summed E-state index contributed by atoms with van der Waals surface area (Å²) in [6.07, 6.45) is -4.99. The second kappa shape index (κ2) is 6.84. The van der Waals surface area contributed by atoms with Gasteiger partial charge in [-0.25, -0.2) is 0 Å². The van der Waals surface area contributed by atoms with Crippen LogP contribution in [0.1, 0.15) is 17.2 Å². The zero-order valence-corrected chi connectivity index (χ0v) is 13.6. The van der Waals surface area contributed by atoms with E-state index in [9.17, 15) is 23.1 Å². The third-order valence-electron chi connectivity index (χ3n) is 3.65. The van der Waals surface area contributed by atoms with Gasteiger partial charge in [-0.15, -0.1) is 0 Å². The number of aliphatic hydroxyl groups is 1. The number of benzene rings is 1. The Labute approximate surface area is 141 Å². The molecule has 0 heterocycles. The van der Waals surface area contributed by atoms with E-state index in [0.29, 0.717) is 22.0 Å². The lowest BCUT2D eigenvalue weighted by Crippen LogP contribution is -2.42. The molecular weight excluding hydrogens is 356 g/mol. The third-order valence-corrected chi connectivity index (χ3v) is 4.20. The van der Waals surface area contributed by atoms with E-state index in [1.165, 1.54) is 4.90 Å². The van der Waals surface area contributed by atoms with E-state index in [2.05, 4.69) is 0 Å². The molecule has 128 valence electrons. The zero-order chi connectivity index (χ0) is 17.4. The van der Waals surface area contributed by atoms with Gasteiger partial charge in [-0.3, -0.25) is 9.69 Å². The van der Waals surface area contributed by atoms with Crippen LogP contribution in [0, 0.1) is 0 Å². The summed E-state index contributed by atoms with van der Waals surface area (Å²) in [6.45, 7) is -1.68. The molecule has 0 unspecified atom stereocenters. The van der Waals surface area contributed by atoms with Crippen LogP contribution in [0.25, 0.3) is 0 Å². The molecule has 1 amide bonds. The first kappa shape index (κ1) is 18.3. The average Bonchev–Trinajstić information content (AvgIpc) is 2.72. The van der Waals surface area contributed by atoms with Crippen LogP contribution in [0.15, 0.2) is 12.1 Å². The average molecular weight is 371 g/mol. The summed E-state index contributed by atoms with van der Waals surface area (Å²) in [6, 6.07) is 2.65. The van der Waals surface area contributed by atoms with Gasteiger partial charge in [0.05, 0.1) is 18.7 Å². The number of likely N-dealkylation sites (N-methyl/N-ethyl adjacent to an activating group) is 1. The number of rotatable bonds is 4. The number of hydrogen-bond acceptors (Lipinski definition) is 3. The number of halogens is 5. The molecule has 1 aliphatic carbocycles. The molecule has 0 saturated carbocycles. The van der Waals surface area contributed by atoms with E-state index in [1.807, 2.05) is 0 Å². The molecule has 2 rings (SSSR count). The SMILES string of the molecule is CN(CC(=O)NCC(F)(F)F)[C@H]1c2cc(Cl)cc(Cl)c2C[C@H]1O. The Morgan fingerprint density at radius 2 is 2.09 bits per heavy atom. The molecule has 23 heavy (non-hydrogen) atoms. The second-order valence-electron chi connectivity index (χ2n) is 5.48. The van der Waals surface area contributed by atoms with Crippen LogP contribution in [0.3, 0.4) is 0 Å². The van der Waals surface area contributed by atoms with Crippen molar-refractivity contribution in [1.29, 1.82) is 0 Å². The molecule has 0 spiro atoms. The van der Waals surface area contributed by atoms with Crippen molar-refractivity contribution in [3.63, 3.8) is 0 Å². The van der Waals surface area contributed by atoms with Gasteiger partial charge in [-0.2, -0.15) is 13.2 Å². The van der Waals surface area contributed by atoms with Crippen LogP contribution in [0.4, 0.5) is 13.2 Å². The van der Waals surface area contributed by atoms with Crippen molar-refractivity contribution in [3.05, 3.63) is 33.3 Å². The molecule has 4 nitrogen and oxygen atoms in total. The number of hydrogen-bond donors (Lipinski definition) is 2. The monoisotopic (exact) mass is 370 g/mol. The topological polar surface area (TPSA) is 52.6 Å². The van der Waals surface area contributed by atoms with Gasteiger partial charge in [0.15, 0.2) is 0 Å². The first-order valence-corrected chi connectivity index (χ1v) is 7.53. The van der Waals surface area contributed by atoms with Gasteiger partial charge in [0.1, 0.15) is 6.54 Å². The fourth-order valence-corrected chi connectivity index (χ4v) is 3.33. The quantitative estimate of drug-likeness (QED) is 0.856. The van der Waals surface area contributed by atoms with Crippen LogP contribution in [-0.4, -0.2) is 48.3 Å². The molecule has 2 N–H and O–H groups in total. The number of carbonyl (C=O) groups excluding carboxylic acids is 1. The predicted molar refractivity (Wildman–Crippen MR) is 80.6 cm³/mol. The molecule has 9 heteroatoms. The molecule has 0 aromatic heterocycles. The Kier molecular flexibility index (Phi) is 5.45. The summed E-state index contributed by atoms with van der Waals surface area (Å²) in [5, 5.41) is 12.8. The van der Waals surface area contributed by atoms with Crippen LogP contribution >= 0.6 is 23.2 Å². The number of nitrogens with one attached hydrogen (secondary N) is 1. The molecule has 1 aliphatic rings. The molecular formula is C14H15Cl2F3N2O2. The van der Waals surface area contributed by atoms with Crippen molar-refractivity contribution in [2.75, 3.05) is 20.1 Å². The summed E-state index contributed by atoms with van der Waals surface area (Å²) in [5.41, 5.74) is 1.41.